The number of benzene rings is 1. The van der Waals surface area contributed by atoms with E-state index in [4.69, 9.17) is 18.9 Å². The van der Waals surface area contributed by atoms with Crippen LogP contribution in [0.2, 0.25) is 0 Å². The van der Waals surface area contributed by atoms with Crippen LogP contribution >= 0.6 is 83.7 Å². The van der Waals surface area contributed by atoms with Crippen molar-refractivity contribution in [3.8, 4) is 0 Å². The number of hydrogen-bond acceptors (Lipinski definition) is 11. The standard InChI is InChI=1S/C26H29BrI3N3O11/c1-11(34)41-7-15(8-42-12(2)35)31-24(38)18-20(28)19(22(30)23(21(18)29)33-6-5-17(27)26(33)40)25(39)32-16(9-43-13(3)36)10-44-14(4)37/h15-17H,5-10H2,1-4H3,(H,31,38)(H,32,39). The topological polar surface area (TPSA) is 184 Å². The van der Waals surface area contributed by atoms with E-state index in [1.165, 1.54) is 32.6 Å². The Hall–Kier alpha value is -1.82. The molecule has 0 saturated carbocycles. The average Bonchev–Trinajstić information content (AvgIpc) is 3.24. The van der Waals surface area contributed by atoms with Crippen LogP contribution in [0.5, 0.6) is 0 Å². The van der Waals surface area contributed by atoms with E-state index in [0.29, 0.717) is 25.8 Å². The van der Waals surface area contributed by atoms with E-state index in [9.17, 15) is 33.6 Å². The second kappa shape index (κ2) is 17.8. The SMILES string of the molecule is CC(=O)OCC(COC(C)=O)NC(=O)c1c(I)c(C(=O)NC(COC(C)=O)COC(C)=O)c(I)c(N2CCC(Br)C2=O)c1I. The second-order valence-electron chi connectivity index (χ2n) is 9.34. The van der Waals surface area contributed by atoms with Gasteiger partial charge < -0.3 is 34.5 Å². The number of esters is 4. The van der Waals surface area contributed by atoms with Crippen molar-refractivity contribution in [3.05, 3.63) is 21.8 Å². The smallest absolute Gasteiger partial charge is 0.302 e. The predicted molar refractivity (Wildman–Crippen MR) is 183 cm³/mol. The van der Waals surface area contributed by atoms with Gasteiger partial charge in [-0.25, -0.2) is 0 Å². The zero-order chi connectivity index (χ0) is 33.3. The Labute approximate surface area is 302 Å². The summed E-state index contributed by atoms with van der Waals surface area (Å²) in [5.74, 6) is -4.07. The molecule has 0 spiro atoms. The summed E-state index contributed by atoms with van der Waals surface area (Å²) in [6.45, 7) is 3.88. The van der Waals surface area contributed by atoms with Gasteiger partial charge in [-0.1, -0.05) is 15.9 Å². The Balaban J connectivity index is 2.63. The summed E-state index contributed by atoms with van der Waals surface area (Å²) in [5.41, 5.74) is 0.427. The van der Waals surface area contributed by atoms with Crippen LogP contribution in [0.15, 0.2) is 0 Å². The number of nitrogens with one attached hydrogen (secondary N) is 2. The molecule has 0 aromatic heterocycles. The highest BCUT2D eigenvalue weighted by Crippen LogP contribution is 2.40. The molecule has 1 atom stereocenters. The Morgan fingerprint density at radius 3 is 1.34 bits per heavy atom. The van der Waals surface area contributed by atoms with E-state index in [-0.39, 0.29) is 47.0 Å². The number of amides is 3. The van der Waals surface area contributed by atoms with Crippen molar-refractivity contribution in [1.82, 2.24) is 10.6 Å². The van der Waals surface area contributed by atoms with E-state index in [2.05, 4.69) is 26.6 Å². The molecule has 1 heterocycles. The highest BCUT2D eigenvalue weighted by Gasteiger charge is 2.37. The van der Waals surface area contributed by atoms with Gasteiger partial charge in [0.05, 0.1) is 40.9 Å². The number of rotatable bonds is 13. The number of ether oxygens (including phenoxy) is 4. The highest BCUT2D eigenvalue weighted by atomic mass is 127. The fourth-order valence-corrected chi connectivity index (χ4v) is 8.98. The number of anilines is 1. The number of nitrogens with zero attached hydrogens (tertiary/aromatic N) is 1. The van der Waals surface area contributed by atoms with Crippen LogP contribution in [0.25, 0.3) is 0 Å². The van der Waals surface area contributed by atoms with Crippen molar-refractivity contribution >= 4 is 131 Å². The van der Waals surface area contributed by atoms with E-state index < -0.39 is 52.6 Å². The third kappa shape index (κ3) is 10.9. The van der Waals surface area contributed by atoms with E-state index in [0.717, 1.165) is 0 Å². The monoisotopic (exact) mass is 1020 g/mol. The van der Waals surface area contributed by atoms with E-state index in [1.54, 1.807) is 0 Å². The summed E-state index contributed by atoms with van der Waals surface area (Å²) in [4.78, 5) is 87.4. The first kappa shape index (κ1) is 38.4. The van der Waals surface area contributed by atoms with Gasteiger partial charge in [0.1, 0.15) is 26.4 Å². The molecule has 18 heteroatoms. The quantitative estimate of drug-likeness (QED) is 0.128. The lowest BCUT2D eigenvalue weighted by atomic mass is 10.1. The zero-order valence-corrected chi connectivity index (χ0v) is 32.0. The van der Waals surface area contributed by atoms with Crippen LogP contribution in [0.1, 0.15) is 54.8 Å². The van der Waals surface area contributed by atoms with Gasteiger partial charge in [0.25, 0.3) is 11.8 Å². The normalized spacial score (nSPS) is 14.4. The Kier molecular flexibility index (Phi) is 15.5. The van der Waals surface area contributed by atoms with Gasteiger partial charge in [0, 0.05) is 37.8 Å². The van der Waals surface area contributed by atoms with Crippen molar-refractivity contribution in [1.29, 1.82) is 0 Å². The molecule has 2 N–H and O–H groups in total. The fraction of sp³-hybridized carbons (Fsp3) is 0.500. The van der Waals surface area contributed by atoms with Crippen molar-refractivity contribution in [2.45, 2.75) is 51.0 Å². The molecule has 44 heavy (non-hydrogen) atoms. The van der Waals surface area contributed by atoms with E-state index in [1.807, 2.05) is 67.8 Å². The van der Waals surface area contributed by atoms with Crippen LogP contribution in [0.4, 0.5) is 5.69 Å². The number of carbonyl (C=O) groups excluding carboxylic acids is 7. The molecule has 1 aromatic carbocycles. The summed E-state index contributed by atoms with van der Waals surface area (Å²) < 4.78 is 21.1. The summed E-state index contributed by atoms with van der Waals surface area (Å²) in [7, 11) is 0. The van der Waals surface area contributed by atoms with Crippen LogP contribution in [0, 0.1) is 10.7 Å². The molecule has 14 nitrogen and oxygen atoms in total. The lowest BCUT2D eigenvalue weighted by molar-refractivity contribution is -0.146. The fourth-order valence-electron chi connectivity index (χ4n) is 3.80. The number of alkyl halides is 1. The number of hydrogen-bond donors (Lipinski definition) is 2. The Bertz CT molecular complexity index is 1230. The Morgan fingerprint density at radius 1 is 0.727 bits per heavy atom. The van der Waals surface area contributed by atoms with E-state index >= 15 is 0 Å². The molecule has 0 radical (unpaired) electrons. The lowest BCUT2D eigenvalue weighted by Crippen LogP contribution is -2.44. The molecule has 1 aromatic rings. The van der Waals surface area contributed by atoms with Gasteiger partial charge in [-0.15, -0.1) is 0 Å². The minimum Gasteiger partial charge on any atom is -0.464 e. The van der Waals surface area contributed by atoms with Gasteiger partial charge in [-0.3, -0.25) is 33.6 Å². The molecule has 242 valence electrons. The minimum atomic E-state index is -0.931. The molecular formula is C26H29BrI3N3O11. The zero-order valence-electron chi connectivity index (χ0n) is 23.9. The largest absolute Gasteiger partial charge is 0.464 e. The maximum absolute atomic E-state index is 13.8. The van der Waals surface area contributed by atoms with Crippen LogP contribution in [-0.2, 0) is 42.9 Å². The molecule has 1 unspecified atom stereocenters. The van der Waals surface area contributed by atoms with Crippen molar-refractivity contribution in [3.63, 3.8) is 0 Å². The van der Waals surface area contributed by atoms with Crippen molar-refractivity contribution in [2.24, 2.45) is 0 Å². The van der Waals surface area contributed by atoms with Gasteiger partial charge >= 0.3 is 23.9 Å². The van der Waals surface area contributed by atoms with Crippen LogP contribution in [0.3, 0.4) is 0 Å². The molecule has 2 rings (SSSR count). The summed E-state index contributed by atoms with van der Waals surface area (Å²) in [5, 5.41) is 5.38. The Morgan fingerprint density at radius 2 is 1.07 bits per heavy atom. The number of carbonyl (C=O) groups is 7. The van der Waals surface area contributed by atoms with Gasteiger partial charge in [0.15, 0.2) is 0 Å². The molecule has 1 aliphatic heterocycles. The maximum Gasteiger partial charge on any atom is 0.302 e. The summed E-state index contributed by atoms with van der Waals surface area (Å²) in [6.07, 6.45) is 0.486. The molecule has 0 bridgehead atoms. The van der Waals surface area contributed by atoms with Crippen molar-refractivity contribution < 1.29 is 52.5 Å². The molecule has 3 amide bonds. The van der Waals surface area contributed by atoms with Gasteiger partial charge in [0.2, 0.25) is 5.91 Å². The first-order valence-electron chi connectivity index (χ1n) is 12.9. The third-order valence-electron chi connectivity index (χ3n) is 5.78. The predicted octanol–water partition coefficient (Wildman–Crippen LogP) is 2.45. The van der Waals surface area contributed by atoms with Gasteiger partial charge in [-0.05, 0) is 74.2 Å². The summed E-state index contributed by atoms with van der Waals surface area (Å²) in [6, 6.07) is -1.86. The third-order valence-corrected chi connectivity index (χ3v) is 9.81. The van der Waals surface area contributed by atoms with Crippen LogP contribution in [-0.4, -0.2) is 91.5 Å². The molecule has 1 saturated heterocycles. The minimum absolute atomic E-state index is 0.0461. The lowest BCUT2D eigenvalue weighted by Gasteiger charge is -2.26. The molecule has 1 aliphatic rings. The first-order chi connectivity index (χ1) is 20.5. The van der Waals surface area contributed by atoms with Crippen molar-refractivity contribution in [2.75, 3.05) is 37.9 Å². The van der Waals surface area contributed by atoms with Gasteiger partial charge in [-0.2, -0.15) is 0 Å². The molecule has 0 aliphatic carbocycles. The second-order valence-corrected chi connectivity index (χ2v) is 13.7. The first-order valence-corrected chi connectivity index (χ1v) is 17.0. The molecular weight excluding hydrogens is 991 g/mol. The molecule has 1 fully saturated rings. The van der Waals surface area contributed by atoms with Crippen LogP contribution < -0.4 is 15.5 Å². The number of halogens is 4. The average molecular weight is 1020 g/mol. The highest BCUT2D eigenvalue weighted by molar-refractivity contribution is 14.1. The maximum atomic E-state index is 13.8. The summed E-state index contributed by atoms with van der Waals surface area (Å²) >= 11 is 9.08.